The van der Waals surface area contributed by atoms with Crippen molar-refractivity contribution in [2.45, 2.75) is 76.4 Å². The quantitative estimate of drug-likeness (QED) is 0.774. The Morgan fingerprint density at radius 2 is 2.06 bits per heavy atom. The first-order chi connectivity index (χ1) is 8.13. The molecule has 1 amide bonds. The van der Waals surface area contributed by atoms with Crippen LogP contribution >= 0.6 is 0 Å². The highest BCUT2D eigenvalue weighted by molar-refractivity contribution is 5.77. The average Bonchev–Trinajstić information content (AvgIpc) is 2.96. The third kappa shape index (κ3) is 3.70. The van der Waals surface area contributed by atoms with E-state index >= 15 is 0 Å². The van der Waals surface area contributed by atoms with Crippen LogP contribution in [0.15, 0.2) is 0 Å². The maximum absolute atomic E-state index is 11.8. The van der Waals surface area contributed by atoms with Crippen molar-refractivity contribution < 1.29 is 9.90 Å². The van der Waals surface area contributed by atoms with Crippen molar-refractivity contribution in [2.24, 2.45) is 5.92 Å². The lowest BCUT2D eigenvalue weighted by atomic mass is 9.82. The number of hydrogen-bond acceptors (Lipinski definition) is 2. The van der Waals surface area contributed by atoms with Gasteiger partial charge in [0.05, 0.1) is 12.0 Å². The largest absolute Gasteiger partial charge is 0.389 e. The Morgan fingerprint density at radius 1 is 1.35 bits per heavy atom. The summed E-state index contributed by atoms with van der Waals surface area (Å²) in [5, 5.41) is 13.3. The zero-order valence-electron chi connectivity index (χ0n) is 10.9. The summed E-state index contributed by atoms with van der Waals surface area (Å²) >= 11 is 0. The predicted octanol–water partition coefficient (Wildman–Crippen LogP) is 2.38. The van der Waals surface area contributed by atoms with E-state index < -0.39 is 5.60 Å². The zero-order valence-corrected chi connectivity index (χ0v) is 10.9. The number of aliphatic hydroxyl groups is 1. The van der Waals surface area contributed by atoms with E-state index in [0.717, 1.165) is 32.1 Å². The summed E-state index contributed by atoms with van der Waals surface area (Å²) in [7, 11) is 0. The van der Waals surface area contributed by atoms with Gasteiger partial charge in [-0.2, -0.15) is 0 Å². The first-order valence-electron chi connectivity index (χ1n) is 7.15. The van der Waals surface area contributed by atoms with Gasteiger partial charge in [0, 0.05) is 6.04 Å². The number of carbonyl (C=O) groups excluding carboxylic acids is 1. The Labute approximate surface area is 104 Å². The zero-order chi connectivity index (χ0) is 12.3. The van der Waals surface area contributed by atoms with Crippen LogP contribution in [0.2, 0.25) is 0 Å². The molecule has 2 N–H and O–H groups in total. The Balaban J connectivity index is 1.70. The van der Waals surface area contributed by atoms with Crippen molar-refractivity contribution in [3.63, 3.8) is 0 Å². The van der Waals surface area contributed by atoms with Crippen LogP contribution in [0.25, 0.3) is 0 Å². The molecule has 0 aromatic heterocycles. The second-order valence-corrected chi connectivity index (χ2v) is 5.92. The summed E-state index contributed by atoms with van der Waals surface area (Å²) in [5.74, 6) is 0.753. The average molecular weight is 239 g/mol. The monoisotopic (exact) mass is 239 g/mol. The van der Waals surface area contributed by atoms with Crippen LogP contribution in [0.4, 0.5) is 0 Å². The van der Waals surface area contributed by atoms with Crippen molar-refractivity contribution >= 4 is 5.91 Å². The molecule has 2 saturated carbocycles. The molecule has 2 unspecified atom stereocenters. The molecule has 2 aliphatic rings. The molecule has 3 nitrogen and oxygen atoms in total. The predicted molar refractivity (Wildman–Crippen MR) is 67.6 cm³/mol. The summed E-state index contributed by atoms with van der Waals surface area (Å²) in [6.07, 6.45) is 8.77. The van der Waals surface area contributed by atoms with Gasteiger partial charge in [0.2, 0.25) is 5.91 Å². The number of hydrogen-bond donors (Lipinski definition) is 2. The fraction of sp³-hybridized carbons (Fsp3) is 0.929. The Kier molecular flexibility index (Phi) is 4.08. The highest BCUT2D eigenvalue weighted by atomic mass is 16.3. The topological polar surface area (TPSA) is 49.3 Å². The van der Waals surface area contributed by atoms with Gasteiger partial charge in [-0.25, -0.2) is 0 Å². The van der Waals surface area contributed by atoms with E-state index in [1.165, 1.54) is 19.3 Å². The fourth-order valence-electron chi connectivity index (χ4n) is 3.06. The molecule has 0 saturated heterocycles. The minimum atomic E-state index is -0.711. The molecule has 0 heterocycles. The van der Waals surface area contributed by atoms with E-state index in [0.29, 0.717) is 18.4 Å². The molecule has 2 fully saturated rings. The normalized spacial score (nSPS) is 30.9. The molecular weight excluding hydrogens is 214 g/mol. The Hall–Kier alpha value is -0.570. The van der Waals surface area contributed by atoms with Crippen LogP contribution in [0.1, 0.15) is 64.7 Å². The van der Waals surface area contributed by atoms with Crippen molar-refractivity contribution in [1.82, 2.24) is 5.32 Å². The highest BCUT2D eigenvalue weighted by Crippen LogP contribution is 2.35. The summed E-state index contributed by atoms with van der Waals surface area (Å²) in [6.45, 7) is 2.18. The van der Waals surface area contributed by atoms with Crippen molar-refractivity contribution in [3.8, 4) is 0 Å². The van der Waals surface area contributed by atoms with Crippen molar-refractivity contribution in [1.29, 1.82) is 0 Å². The number of amides is 1. The van der Waals surface area contributed by atoms with Gasteiger partial charge in [-0.15, -0.1) is 0 Å². The van der Waals surface area contributed by atoms with Crippen LogP contribution in [0.3, 0.4) is 0 Å². The van der Waals surface area contributed by atoms with Crippen LogP contribution in [-0.4, -0.2) is 22.7 Å². The molecule has 0 aliphatic heterocycles. The van der Waals surface area contributed by atoms with Crippen LogP contribution in [-0.2, 0) is 4.79 Å². The molecule has 0 aromatic carbocycles. The molecule has 2 aliphatic carbocycles. The fourth-order valence-corrected chi connectivity index (χ4v) is 3.06. The molecule has 2 atom stereocenters. The summed E-state index contributed by atoms with van der Waals surface area (Å²) in [5.41, 5.74) is -0.711. The molecular formula is C14H25NO2. The third-order valence-electron chi connectivity index (χ3n) is 4.20. The minimum absolute atomic E-state index is 0.0537. The Morgan fingerprint density at radius 3 is 2.71 bits per heavy atom. The van der Waals surface area contributed by atoms with E-state index in [2.05, 4.69) is 12.2 Å². The number of nitrogens with one attached hydrogen (secondary N) is 1. The molecule has 0 aromatic rings. The molecule has 0 bridgehead atoms. The maximum atomic E-state index is 11.8. The SMILES string of the molecule is CCCC1CC1NC(=O)CC1(O)CCCCC1. The van der Waals surface area contributed by atoms with Crippen LogP contribution < -0.4 is 5.32 Å². The molecule has 17 heavy (non-hydrogen) atoms. The van der Waals surface area contributed by atoms with Gasteiger partial charge in [-0.1, -0.05) is 32.6 Å². The molecule has 2 rings (SSSR count). The lowest BCUT2D eigenvalue weighted by molar-refractivity contribution is -0.127. The van der Waals surface area contributed by atoms with Gasteiger partial charge in [0.25, 0.3) is 0 Å². The van der Waals surface area contributed by atoms with E-state index in [1.807, 2.05) is 0 Å². The lowest BCUT2D eigenvalue weighted by Crippen LogP contribution is -2.39. The van der Waals surface area contributed by atoms with Gasteiger partial charge < -0.3 is 10.4 Å². The maximum Gasteiger partial charge on any atom is 0.223 e. The molecule has 0 spiro atoms. The first-order valence-corrected chi connectivity index (χ1v) is 7.15. The third-order valence-corrected chi connectivity index (χ3v) is 4.20. The van der Waals surface area contributed by atoms with Gasteiger partial charge >= 0.3 is 0 Å². The molecule has 0 radical (unpaired) electrons. The summed E-state index contributed by atoms with van der Waals surface area (Å²) in [6, 6.07) is 0.398. The highest BCUT2D eigenvalue weighted by Gasteiger charge is 2.39. The summed E-state index contributed by atoms with van der Waals surface area (Å²) < 4.78 is 0. The van der Waals surface area contributed by atoms with Crippen LogP contribution in [0.5, 0.6) is 0 Å². The second kappa shape index (κ2) is 5.38. The first kappa shape index (κ1) is 12.9. The Bertz CT molecular complexity index is 271. The van der Waals surface area contributed by atoms with Gasteiger partial charge in [-0.05, 0) is 31.6 Å². The minimum Gasteiger partial charge on any atom is -0.389 e. The van der Waals surface area contributed by atoms with E-state index in [9.17, 15) is 9.90 Å². The standard InChI is InChI=1S/C14H25NO2/c1-2-6-11-9-12(11)15-13(16)10-14(17)7-4-3-5-8-14/h11-12,17H,2-10H2,1H3,(H,15,16). The molecule has 3 heteroatoms. The van der Waals surface area contributed by atoms with Gasteiger partial charge in [0.15, 0.2) is 0 Å². The van der Waals surface area contributed by atoms with Gasteiger partial charge in [-0.3, -0.25) is 4.79 Å². The van der Waals surface area contributed by atoms with E-state index in [4.69, 9.17) is 0 Å². The second-order valence-electron chi connectivity index (χ2n) is 5.92. The number of rotatable bonds is 5. The lowest BCUT2D eigenvalue weighted by Gasteiger charge is -2.31. The smallest absolute Gasteiger partial charge is 0.223 e. The van der Waals surface area contributed by atoms with Crippen molar-refractivity contribution in [3.05, 3.63) is 0 Å². The number of carbonyl (C=O) groups is 1. The summed E-state index contributed by atoms with van der Waals surface area (Å²) in [4.78, 5) is 11.8. The van der Waals surface area contributed by atoms with Crippen LogP contribution in [0, 0.1) is 5.92 Å². The van der Waals surface area contributed by atoms with E-state index in [-0.39, 0.29) is 5.91 Å². The van der Waals surface area contributed by atoms with Crippen molar-refractivity contribution in [2.75, 3.05) is 0 Å². The molecule has 98 valence electrons. The van der Waals surface area contributed by atoms with E-state index in [1.54, 1.807) is 0 Å². The van der Waals surface area contributed by atoms with Gasteiger partial charge in [0.1, 0.15) is 0 Å².